The molecular formula is C27H22O5. The Morgan fingerprint density at radius 2 is 0.750 bits per heavy atom. The highest BCUT2D eigenvalue weighted by molar-refractivity contribution is 5.81. The Hall–Kier alpha value is -4.25. The highest BCUT2D eigenvalue weighted by atomic mass is 16.7. The van der Waals surface area contributed by atoms with Gasteiger partial charge in [0.2, 0.25) is 0 Å². The molecular weight excluding hydrogens is 404 g/mol. The van der Waals surface area contributed by atoms with Gasteiger partial charge in [0.05, 0.1) is 14.2 Å². The molecule has 5 heteroatoms. The van der Waals surface area contributed by atoms with Crippen molar-refractivity contribution in [3.8, 4) is 45.3 Å². The van der Waals surface area contributed by atoms with E-state index in [1.54, 1.807) is 38.5 Å². The van der Waals surface area contributed by atoms with Crippen LogP contribution in [-0.4, -0.2) is 20.4 Å². The van der Waals surface area contributed by atoms with Crippen molar-refractivity contribution >= 4 is 6.16 Å². The van der Waals surface area contributed by atoms with Gasteiger partial charge >= 0.3 is 6.16 Å². The number of ether oxygens (including phenoxy) is 4. The Labute approximate surface area is 186 Å². The fourth-order valence-corrected chi connectivity index (χ4v) is 3.49. The average molecular weight is 426 g/mol. The molecule has 0 aromatic heterocycles. The minimum Gasteiger partial charge on any atom is -0.496 e. The molecule has 0 aliphatic heterocycles. The van der Waals surface area contributed by atoms with Gasteiger partial charge in [0, 0.05) is 22.3 Å². The zero-order valence-corrected chi connectivity index (χ0v) is 17.8. The van der Waals surface area contributed by atoms with Gasteiger partial charge in [-0.25, -0.2) is 4.79 Å². The van der Waals surface area contributed by atoms with Crippen LogP contribution in [0.5, 0.6) is 23.0 Å². The molecule has 160 valence electrons. The average Bonchev–Trinajstić information content (AvgIpc) is 2.84. The first kappa shape index (κ1) is 21.0. The Morgan fingerprint density at radius 3 is 1.09 bits per heavy atom. The highest BCUT2D eigenvalue weighted by Crippen LogP contribution is 2.38. The second-order valence-electron chi connectivity index (χ2n) is 6.85. The molecule has 4 aromatic carbocycles. The van der Waals surface area contributed by atoms with Crippen molar-refractivity contribution in [2.75, 3.05) is 14.2 Å². The van der Waals surface area contributed by atoms with Gasteiger partial charge in [0.25, 0.3) is 0 Å². The van der Waals surface area contributed by atoms with Crippen molar-refractivity contribution in [3.63, 3.8) is 0 Å². The number of carbonyl (C=O) groups is 1. The van der Waals surface area contributed by atoms with E-state index in [9.17, 15) is 4.79 Å². The molecule has 5 nitrogen and oxygen atoms in total. The van der Waals surface area contributed by atoms with E-state index in [0.29, 0.717) is 23.0 Å². The molecule has 0 saturated heterocycles. The Balaban J connectivity index is 1.62. The number of carbonyl (C=O) groups excluding carboxylic acids is 1. The number of hydrogen-bond donors (Lipinski definition) is 0. The number of rotatable bonds is 6. The Morgan fingerprint density at radius 1 is 0.469 bits per heavy atom. The summed E-state index contributed by atoms with van der Waals surface area (Å²) in [5, 5.41) is 0. The molecule has 0 aliphatic carbocycles. The third-order valence-corrected chi connectivity index (χ3v) is 4.95. The van der Waals surface area contributed by atoms with Crippen molar-refractivity contribution in [2.45, 2.75) is 0 Å². The SMILES string of the molecule is COc1ccccc1-c1ccccc1OC(=O)Oc1ccccc1-c1ccccc1OC. The van der Waals surface area contributed by atoms with Crippen molar-refractivity contribution in [3.05, 3.63) is 97.1 Å². The molecule has 0 radical (unpaired) electrons. The maximum atomic E-state index is 12.8. The first-order valence-corrected chi connectivity index (χ1v) is 10.1. The summed E-state index contributed by atoms with van der Waals surface area (Å²) in [6.45, 7) is 0. The van der Waals surface area contributed by atoms with Crippen molar-refractivity contribution in [1.82, 2.24) is 0 Å². The zero-order chi connectivity index (χ0) is 22.3. The van der Waals surface area contributed by atoms with E-state index in [4.69, 9.17) is 18.9 Å². The van der Waals surface area contributed by atoms with Gasteiger partial charge in [-0.2, -0.15) is 0 Å². The van der Waals surface area contributed by atoms with Crippen LogP contribution in [0.2, 0.25) is 0 Å². The van der Waals surface area contributed by atoms with Crippen LogP contribution in [0.25, 0.3) is 22.3 Å². The normalized spacial score (nSPS) is 10.3. The molecule has 4 aromatic rings. The topological polar surface area (TPSA) is 54.0 Å². The van der Waals surface area contributed by atoms with Crippen molar-refractivity contribution in [2.24, 2.45) is 0 Å². The fraction of sp³-hybridized carbons (Fsp3) is 0.0741. The van der Waals surface area contributed by atoms with Crippen LogP contribution in [0.4, 0.5) is 4.79 Å². The lowest BCUT2D eigenvalue weighted by atomic mass is 10.0. The monoisotopic (exact) mass is 426 g/mol. The van der Waals surface area contributed by atoms with Gasteiger partial charge in [0.1, 0.15) is 23.0 Å². The van der Waals surface area contributed by atoms with E-state index in [1.807, 2.05) is 72.8 Å². The molecule has 0 aliphatic rings. The van der Waals surface area contributed by atoms with E-state index in [2.05, 4.69) is 0 Å². The highest BCUT2D eigenvalue weighted by Gasteiger charge is 2.18. The third-order valence-electron chi connectivity index (χ3n) is 4.95. The first-order valence-electron chi connectivity index (χ1n) is 10.1. The maximum absolute atomic E-state index is 12.8. The van der Waals surface area contributed by atoms with Gasteiger partial charge in [-0.1, -0.05) is 72.8 Å². The summed E-state index contributed by atoms with van der Waals surface area (Å²) in [5.41, 5.74) is 3.07. The van der Waals surface area contributed by atoms with Crippen LogP contribution in [0.1, 0.15) is 0 Å². The quantitative estimate of drug-likeness (QED) is 0.256. The second kappa shape index (κ2) is 9.71. The lowest BCUT2D eigenvalue weighted by molar-refractivity contribution is 0.152. The van der Waals surface area contributed by atoms with Gasteiger partial charge in [-0.05, 0) is 24.3 Å². The van der Waals surface area contributed by atoms with Gasteiger partial charge < -0.3 is 18.9 Å². The van der Waals surface area contributed by atoms with Crippen molar-refractivity contribution < 1.29 is 23.7 Å². The van der Waals surface area contributed by atoms with E-state index in [0.717, 1.165) is 22.3 Å². The molecule has 0 bridgehead atoms. The van der Waals surface area contributed by atoms with E-state index < -0.39 is 6.16 Å². The number of benzene rings is 4. The lowest BCUT2D eigenvalue weighted by Gasteiger charge is -2.15. The van der Waals surface area contributed by atoms with E-state index >= 15 is 0 Å². The molecule has 0 heterocycles. The standard InChI is InChI=1S/C27H22O5/c1-29-23-15-7-3-11-19(23)21-13-5-9-17-25(21)31-27(28)32-26-18-10-6-14-22(26)20-12-4-8-16-24(20)30-2/h3-18H,1-2H3. The lowest BCUT2D eigenvalue weighted by Crippen LogP contribution is -2.14. The summed E-state index contributed by atoms with van der Waals surface area (Å²) in [5.74, 6) is 2.10. The summed E-state index contributed by atoms with van der Waals surface area (Å²) >= 11 is 0. The molecule has 0 atom stereocenters. The molecule has 0 unspecified atom stereocenters. The zero-order valence-electron chi connectivity index (χ0n) is 17.8. The van der Waals surface area contributed by atoms with Crippen LogP contribution in [-0.2, 0) is 0 Å². The third kappa shape index (κ3) is 4.42. The van der Waals surface area contributed by atoms with E-state index in [-0.39, 0.29) is 0 Å². The summed E-state index contributed by atoms with van der Waals surface area (Å²) in [4.78, 5) is 12.8. The largest absolute Gasteiger partial charge is 0.519 e. The first-order chi connectivity index (χ1) is 15.7. The van der Waals surface area contributed by atoms with Gasteiger partial charge in [-0.15, -0.1) is 0 Å². The number of hydrogen-bond acceptors (Lipinski definition) is 5. The van der Waals surface area contributed by atoms with E-state index in [1.165, 1.54) is 0 Å². The molecule has 0 amide bonds. The summed E-state index contributed by atoms with van der Waals surface area (Å²) in [6, 6.07) is 29.6. The molecule has 0 saturated carbocycles. The summed E-state index contributed by atoms with van der Waals surface area (Å²) < 4.78 is 22.1. The second-order valence-corrected chi connectivity index (χ2v) is 6.85. The minimum atomic E-state index is -0.838. The number of methoxy groups -OCH3 is 2. The smallest absolute Gasteiger partial charge is 0.496 e. The molecule has 0 spiro atoms. The van der Waals surface area contributed by atoms with Gasteiger partial charge in [0.15, 0.2) is 0 Å². The molecule has 32 heavy (non-hydrogen) atoms. The summed E-state index contributed by atoms with van der Waals surface area (Å²) in [7, 11) is 3.21. The number of para-hydroxylation sites is 4. The van der Waals surface area contributed by atoms with Gasteiger partial charge in [-0.3, -0.25) is 0 Å². The maximum Gasteiger partial charge on any atom is 0.519 e. The predicted molar refractivity (Wildman–Crippen MR) is 124 cm³/mol. The van der Waals surface area contributed by atoms with Crippen LogP contribution >= 0.6 is 0 Å². The van der Waals surface area contributed by atoms with Crippen LogP contribution < -0.4 is 18.9 Å². The fourth-order valence-electron chi connectivity index (χ4n) is 3.49. The minimum absolute atomic E-state index is 0.372. The Bertz CT molecular complexity index is 1140. The molecule has 4 rings (SSSR count). The predicted octanol–water partition coefficient (Wildman–Crippen LogP) is 6.62. The van der Waals surface area contributed by atoms with Crippen molar-refractivity contribution in [1.29, 1.82) is 0 Å². The Kier molecular flexibility index (Phi) is 6.37. The molecule has 0 fully saturated rings. The van der Waals surface area contributed by atoms with Crippen LogP contribution in [0.3, 0.4) is 0 Å². The summed E-state index contributed by atoms with van der Waals surface area (Å²) in [6.07, 6.45) is -0.838. The van der Waals surface area contributed by atoms with Crippen LogP contribution in [0.15, 0.2) is 97.1 Å². The van der Waals surface area contributed by atoms with Crippen LogP contribution in [0, 0.1) is 0 Å². The molecule has 0 N–H and O–H groups in total.